The number of hydrogen-bond acceptors (Lipinski definition) is 11. The van der Waals surface area contributed by atoms with Gasteiger partial charge in [-0.3, -0.25) is 14.9 Å². The Morgan fingerprint density at radius 2 is 1.37 bits per heavy atom. The third-order valence-electron chi connectivity index (χ3n) is 5.37. The summed E-state index contributed by atoms with van der Waals surface area (Å²) >= 11 is 0. The van der Waals surface area contributed by atoms with Gasteiger partial charge in [-0.25, -0.2) is 14.4 Å². The zero-order valence-corrected chi connectivity index (χ0v) is 20.1. The molecular weight excluding hydrogens is 502 g/mol. The first-order chi connectivity index (χ1) is 18.2. The maximum atomic E-state index is 11.9. The van der Waals surface area contributed by atoms with Crippen LogP contribution in [0.2, 0.25) is 0 Å². The zero-order valence-electron chi connectivity index (χ0n) is 20.1. The maximum absolute atomic E-state index is 11.9. The van der Waals surface area contributed by atoms with Gasteiger partial charge in [0.2, 0.25) is 0 Å². The highest BCUT2D eigenvalue weighted by molar-refractivity contribution is 6.04. The van der Waals surface area contributed by atoms with Crippen molar-refractivity contribution >= 4 is 63.3 Å². The molecule has 0 saturated carbocycles. The minimum absolute atomic E-state index is 0.00754. The van der Waals surface area contributed by atoms with Gasteiger partial charge >= 0.3 is 18.3 Å². The van der Waals surface area contributed by atoms with Crippen molar-refractivity contribution in [3.8, 4) is 0 Å². The van der Waals surface area contributed by atoms with Crippen LogP contribution in [0, 0.1) is 0 Å². The van der Waals surface area contributed by atoms with Gasteiger partial charge in [0.05, 0.1) is 43.3 Å². The largest absolute Gasteiger partial charge is 0.451 e. The molecule has 1 saturated heterocycles. The molecule has 1 aliphatic rings. The third-order valence-corrected chi connectivity index (χ3v) is 5.37. The van der Waals surface area contributed by atoms with Gasteiger partial charge in [0.1, 0.15) is 0 Å². The molecule has 0 atom stereocenters. The van der Waals surface area contributed by atoms with Crippen molar-refractivity contribution in [1.82, 2.24) is 24.6 Å². The van der Waals surface area contributed by atoms with Gasteiger partial charge in [-0.05, 0) is 24.3 Å². The Bertz CT molecular complexity index is 1560. The molecule has 15 nitrogen and oxygen atoms in total. The van der Waals surface area contributed by atoms with Crippen molar-refractivity contribution in [2.75, 3.05) is 25.3 Å². The van der Waals surface area contributed by atoms with Crippen molar-refractivity contribution in [3.05, 3.63) is 48.8 Å². The SMILES string of the molecule is COC(=O)n1ncc2c(N)cccc21.COC(=O)n1ncc2c(NC(=O)ON3C(=O)CCC3=O)cccc21. The Labute approximate surface area is 213 Å². The lowest BCUT2D eigenvalue weighted by Gasteiger charge is -2.13. The summed E-state index contributed by atoms with van der Waals surface area (Å²) in [5, 5.41) is 11.8. The molecule has 4 aromatic rings. The molecule has 0 spiro atoms. The number of nitrogens with one attached hydrogen (secondary N) is 1. The van der Waals surface area contributed by atoms with E-state index in [0.29, 0.717) is 32.9 Å². The van der Waals surface area contributed by atoms with Crippen LogP contribution in [0.5, 0.6) is 0 Å². The fourth-order valence-electron chi connectivity index (χ4n) is 3.57. The van der Waals surface area contributed by atoms with E-state index in [1.54, 1.807) is 42.6 Å². The summed E-state index contributed by atoms with van der Waals surface area (Å²) < 4.78 is 11.4. The van der Waals surface area contributed by atoms with Gasteiger partial charge in [-0.15, -0.1) is 5.06 Å². The first kappa shape index (κ1) is 25.6. The van der Waals surface area contributed by atoms with Crippen molar-refractivity contribution in [1.29, 1.82) is 0 Å². The molecule has 15 heteroatoms. The van der Waals surface area contributed by atoms with Crippen LogP contribution in [0.1, 0.15) is 12.8 Å². The van der Waals surface area contributed by atoms with Crippen LogP contribution < -0.4 is 11.1 Å². The molecule has 0 unspecified atom stereocenters. The van der Waals surface area contributed by atoms with E-state index in [0.717, 1.165) is 10.1 Å². The number of anilines is 2. The predicted molar refractivity (Wildman–Crippen MR) is 131 cm³/mol. The highest BCUT2D eigenvalue weighted by Crippen LogP contribution is 2.24. The Morgan fingerprint density at radius 1 is 0.842 bits per heavy atom. The number of methoxy groups -OCH3 is 2. The lowest BCUT2D eigenvalue weighted by atomic mass is 10.2. The van der Waals surface area contributed by atoms with E-state index in [1.165, 1.54) is 25.1 Å². The Hall–Kier alpha value is -5.47. The van der Waals surface area contributed by atoms with Gasteiger partial charge < -0.3 is 20.0 Å². The maximum Gasteiger partial charge on any atom is 0.436 e. The first-order valence-corrected chi connectivity index (χ1v) is 11.0. The number of ether oxygens (including phenoxy) is 2. The van der Waals surface area contributed by atoms with Crippen LogP contribution in [0.3, 0.4) is 0 Å². The average molecular weight is 523 g/mol. The molecular formula is C23H21N7O8. The summed E-state index contributed by atoms with van der Waals surface area (Å²) in [5.41, 5.74) is 7.66. The van der Waals surface area contributed by atoms with Crippen molar-refractivity contribution in [2.45, 2.75) is 12.8 Å². The number of carbonyl (C=O) groups is 5. The minimum atomic E-state index is -1.00. The molecule has 3 heterocycles. The quantitative estimate of drug-likeness (QED) is 0.290. The number of hydrogen-bond donors (Lipinski definition) is 2. The van der Waals surface area contributed by atoms with E-state index in [4.69, 9.17) is 10.6 Å². The summed E-state index contributed by atoms with van der Waals surface area (Å²) in [6.07, 6.45) is 0.720. The average Bonchev–Trinajstić information content (AvgIpc) is 3.63. The molecule has 196 valence electrons. The van der Waals surface area contributed by atoms with E-state index >= 15 is 0 Å². The lowest BCUT2D eigenvalue weighted by molar-refractivity contribution is -0.170. The number of carbonyl (C=O) groups excluding carboxylic acids is 5. The minimum Gasteiger partial charge on any atom is -0.451 e. The van der Waals surface area contributed by atoms with Gasteiger partial charge in [0.25, 0.3) is 11.8 Å². The monoisotopic (exact) mass is 523 g/mol. The number of nitrogens with two attached hydrogens (primary N) is 1. The Balaban J connectivity index is 0.000000204. The second kappa shape index (κ2) is 10.7. The molecule has 3 N–H and O–H groups in total. The number of benzene rings is 2. The molecule has 0 radical (unpaired) electrons. The summed E-state index contributed by atoms with van der Waals surface area (Å²) in [6.45, 7) is 0. The number of imide groups is 1. The number of fused-ring (bicyclic) bond motifs is 2. The molecule has 5 rings (SSSR count). The molecule has 38 heavy (non-hydrogen) atoms. The van der Waals surface area contributed by atoms with Crippen molar-refractivity contribution < 1.29 is 38.3 Å². The molecule has 0 bridgehead atoms. The summed E-state index contributed by atoms with van der Waals surface area (Å²) in [5.74, 6) is -1.15. The molecule has 1 fully saturated rings. The topological polar surface area (TPSA) is 190 Å². The van der Waals surface area contributed by atoms with E-state index in [2.05, 4.69) is 25.0 Å². The van der Waals surface area contributed by atoms with Gasteiger partial charge in [0, 0.05) is 29.3 Å². The molecule has 1 aliphatic heterocycles. The summed E-state index contributed by atoms with van der Waals surface area (Å²) in [6, 6.07) is 10.0. The predicted octanol–water partition coefficient (Wildman–Crippen LogP) is 2.50. The molecule has 0 aliphatic carbocycles. The van der Waals surface area contributed by atoms with E-state index in [9.17, 15) is 24.0 Å². The van der Waals surface area contributed by atoms with Crippen molar-refractivity contribution in [3.63, 3.8) is 0 Å². The molecule has 3 amide bonds. The standard InChI is InChI=1S/C14H12N4O6.C9H9N3O2/c1-23-14(22)17-10-4-2-3-9(8(10)7-15-17)16-13(21)24-18-11(19)5-6-12(18)20;1-14-9(13)12-8-4-2-3-7(10)6(8)5-11-12/h2-4,7H,5-6H2,1H3,(H,16,21);2-5H,10H2,1H3. The first-order valence-electron chi connectivity index (χ1n) is 11.0. The second-order valence-corrected chi connectivity index (χ2v) is 7.66. The van der Waals surface area contributed by atoms with Gasteiger partial charge in [0.15, 0.2) is 0 Å². The lowest BCUT2D eigenvalue weighted by Crippen LogP contribution is -2.33. The van der Waals surface area contributed by atoms with Crippen LogP contribution in [0.25, 0.3) is 21.8 Å². The number of rotatable bonds is 2. The normalized spacial score (nSPS) is 12.7. The highest BCUT2D eigenvalue weighted by Gasteiger charge is 2.33. The van der Waals surface area contributed by atoms with Crippen LogP contribution in [-0.2, 0) is 23.9 Å². The second-order valence-electron chi connectivity index (χ2n) is 7.66. The van der Waals surface area contributed by atoms with Crippen LogP contribution in [0.4, 0.5) is 25.8 Å². The summed E-state index contributed by atoms with van der Waals surface area (Å²) in [7, 11) is 2.53. The van der Waals surface area contributed by atoms with Crippen molar-refractivity contribution in [2.24, 2.45) is 0 Å². The number of aromatic nitrogens is 4. The highest BCUT2D eigenvalue weighted by atomic mass is 16.7. The van der Waals surface area contributed by atoms with E-state index in [-0.39, 0.29) is 12.8 Å². The fourth-order valence-corrected chi connectivity index (χ4v) is 3.57. The Kier molecular flexibility index (Phi) is 7.18. The Morgan fingerprint density at radius 3 is 1.95 bits per heavy atom. The summed E-state index contributed by atoms with van der Waals surface area (Å²) in [4.78, 5) is 62.3. The number of amides is 3. The fraction of sp³-hybridized carbons (Fsp3) is 0.174. The van der Waals surface area contributed by atoms with E-state index < -0.39 is 30.1 Å². The van der Waals surface area contributed by atoms with Crippen LogP contribution >= 0.6 is 0 Å². The number of nitrogens with zero attached hydrogens (tertiary/aromatic N) is 5. The smallest absolute Gasteiger partial charge is 0.436 e. The van der Waals surface area contributed by atoms with Gasteiger partial charge in [-0.2, -0.15) is 19.6 Å². The molecule has 2 aromatic heterocycles. The zero-order chi connectivity index (χ0) is 27.4. The number of nitrogen functional groups attached to an aromatic ring is 1. The van der Waals surface area contributed by atoms with Gasteiger partial charge in [-0.1, -0.05) is 12.1 Å². The third kappa shape index (κ3) is 4.92. The van der Waals surface area contributed by atoms with Crippen LogP contribution in [0.15, 0.2) is 48.8 Å². The van der Waals surface area contributed by atoms with Crippen LogP contribution in [-0.4, -0.2) is 68.9 Å². The number of hydroxylamine groups is 2. The molecule has 2 aromatic carbocycles. The van der Waals surface area contributed by atoms with E-state index in [1.807, 2.05) is 0 Å².